The van der Waals surface area contributed by atoms with Gasteiger partial charge in [0.2, 0.25) is 0 Å². The van der Waals surface area contributed by atoms with Gasteiger partial charge in [-0.2, -0.15) is 0 Å². The van der Waals surface area contributed by atoms with Crippen LogP contribution < -0.4 is 0 Å². The average molecular weight is 409 g/mol. The van der Waals surface area contributed by atoms with E-state index in [0.717, 1.165) is 5.76 Å². The second-order valence-electron chi connectivity index (χ2n) is 8.68. The van der Waals surface area contributed by atoms with Gasteiger partial charge in [0.25, 0.3) is 0 Å². The molecule has 3 aromatic carbocycles. The molecule has 0 radical (unpaired) electrons. The Bertz CT molecular complexity index is 1120. The van der Waals surface area contributed by atoms with Crippen LogP contribution in [0.1, 0.15) is 35.4 Å². The smallest absolute Gasteiger partial charge is 0.110 e. The van der Waals surface area contributed by atoms with E-state index in [0.29, 0.717) is 0 Å². The molecule has 2 nitrogen and oxygen atoms in total. The van der Waals surface area contributed by atoms with Crippen LogP contribution in [-0.4, -0.2) is 19.8 Å². The van der Waals surface area contributed by atoms with Crippen molar-refractivity contribution >= 4 is 5.57 Å². The van der Waals surface area contributed by atoms with Gasteiger partial charge in [-0.15, -0.1) is 0 Å². The molecular weight excluding hydrogens is 380 g/mol. The van der Waals surface area contributed by atoms with Gasteiger partial charge in [-0.1, -0.05) is 97.9 Å². The molecule has 0 amide bonds. The van der Waals surface area contributed by atoms with E-state index in [-0.39, 0.29) is 17.3 Å². The monoisotopic (exact) mass is 408 g/mol. The van der Waals surface area contributed by atoms with Crippen LogP contribution in [0.2, 0.25) is 0 Å². The maximum absolute atomic E-state index is 6.52. The maximum Gasteiger partial charge on any atom is 0.110 e. The van der Waals surface area contributed by atoms with Crippen LogP contribution in [0.25, 0.3) is 5.57 Å². The van der Waals surface area contributed by atoms with Gasteiger partial charge in [0, 0.05) is 18.4 Å². The van der Waals surface area contributed by atoms with Gasteiger partial charge < -0.3 is 9.47 Å². The second kappa shape index (κ2) is 7.55. The molecule has 5 rings (SSSR count). The van der Waals surface area contributed by atoms with E-state index in [9.17, 15) is 0 Å². The molecule has 0 saturated carbocycles. The lowest BCUT2D eigenvalue weighted by Crippen LogP contribution is -2.46. The number of allylic oxidation sites excluding steroid dienone is 1. The van der Waals surface area contributed by atoms with E-state index in [1.807, 2.05) is 7.11 Å². The molecule has 0 N–H and O–H groups in total. The van der Waals surface area contributed by atoms with Crippen molar-refractivity contribution in [2.45, 2.75) is 24.4 Å². The zero-order chi connectivity index (χ0) is 21.5. The first-order valence-electron chi connectivity index (χ1n) is 10.8. The van der Waals surface area contributed by atoms with Gasteiger partial charge in [-0.05, 0) is 34.4 Å². The van der Waals surface area contributed by atoms with E-state index in [4.69, 9.17) is 9.47 Å². The normalized spacial score (nSPS) is 29.3. The molecule has 156 valence electrons. The SMILES string of the molecule is COC1=C[C@]2(C)[C@@H](c3ccccc3)C(c3ccccc3)=C[C@]2(OC)[C@H]1c1ccccc1. The fourth-order valence-corrected chi connectivity index (χ4v) is 5.88. The third-order valence-corrected chi connectivity index (χ3v) is 7.22. The van der Waals surface area contributed by atoms with E-state index in [1.165, 1.54) is 22.3 Å². The molecule has 0 unspecified atom stereocenters. The van der Waals surface area contributed by atoms with Crippen LogP contribution in [0.15, 0.2) is 109 Å². The van der Waals surface area contributed by atoms with Crippen LogP contribution >= 0.6 is 0 Å². The Balaban J connectivity index is 1.78. The molecule has 3 aromatic rings. The molecule has 4 atom stereocenters. The fraction of sp³-hybridized carbons (Fsp3) is 0.241. The molecular formula is C29H28O2. The molecule has 31 heavy (non-hydrogen) atoms. The highest BCUT2D eigenvalue weighted by Crippen LogP contribution is 2.68. The van der Waals surface area contributed by atoms with Crippen molar-refractivity contribution < 1.29 is 9.47 Å². The number of methoxy groups -OCH3 is 2. The summed E-state index contributed by atoms with van der Waals surface area (Å²) in [7, 11) is 3.61. The van der Waals surface area contributed by atoms with Crippen LogP contribution in [0.5, 0.6) is 0 Å². The number of benzene rings is 3. The molecule has 2 aliphatic carbocycles. The summed E-state index contributed by atoms with van der Waals surface area (Å²) >= 11 is 0. The highest BCUT2D eigenvalue weighted by molar-refractivity contribution is 5.79. The van der Waals surface area contributed by atoms with Crippen LogP contribution in [0, 0.1) is 5.41 Å². The third-order valence-electron chi connectivity index (χ3n) is 7.22. The number of hydrogen-bond acceptors (Lipinski definition) is 2. The molecule has 0 fully saturated rings. The van der Waals surface area contributed by atoms with E-state index in [1.54, 1.807) is 7.11 Å². The predicted octanol–water partition coefficient (Wildman–Crippen LogP) is 6.59. The Kier molecular flexibility index (Phi) is 4.83. The van der Waals surface area contributed by atoms with Crippen molar-refractivity contribution in [3.63, 3.8) is 0 Å². The third kappa shape index (κ3) is 2.82. The minimum atomic E-state index is -0.550. The van der Waals surface area contributed by atoms with Crippen molar-refractivity contribution in [2.24, 2.45) is 5.41 Å². The Hall–Kier alpha value is -3.10. The summed E-state index contributed by atoms with van der Waals surface area (Å²) in [6, 6.07) is 32.1. The van der Waals surface area contributed by atoms with Gasteiger partial charge in [-0.25, -0.2) is 0 Å². The molecule has 0 spiro atoms. The first-order chi connectivity index (χ1) is 15.1. The number of ether oxygens (including phenoxy) is 2. The van der Waals surface area contributed by atoms with E-state index in [2.05, 4.69) is 110 Å². The zero-order valence-corrected chi connectivity index (χ0v) is 18.3. The predicted molar refractivity (Wildman–Crippen MR) is 126 cm³/mol. The van der Waals surface area contributed by atoms with Crippen molar-refractivity contribution in [1.29, 1.82) is 0 Å². The largest absolute Gasteiger partial charge is 0.501 e. The molecule has 0 heterocycles. The lowest BCUT2D eigenvalue weighted by atomic mass is 9.65. The molecule has 0 aromatic heterocycles. The Morgan fingerprint density at radius 3 is 1.68 bits per heavy atom. The highest BCUT2D eigenvalue weighted by atomic mass is 16.5. The summed E-state index contributed by atoms with van der Waals surface area (Å²) in [5.74, 6) is 1.11. The maximum atomic E-state index is 6.52. The molecule has 2 aliphatic rings. The minimum absolute atomic E-state index is 0.0128. The average Bonchev–Trinajstić information content (AvgIpc) is 3.23. The van der Waals surface area contributed by atoms with Crippen molar-refractivity contribution in [1.82, 2.24) is 0 Å². The summed E-state index contributed by atoms with van der Waals surface area (Å²) in [5.41, 5.74) is 4.19. The Morgan fingerprint density at radius 2 is 1.16 bits per heavy atom. The zero-order valence-electron chi connectivity index (χ0n) is 18.3. The van der Waals surface area contributed by atoms with Crippen molar-refractivity contribution in [3.8, 4) is 0 Å². The number of rotatable bonds is 5. The quantitative estimate of drug-likeness (QED) is 0.474. The van der Waals surface area contributed by atoms with Crippen LogP contribution in [-0.2, 0) is 9.47 Å². The standard InChI is InChI=1S/C29H28O2/c1-28-20-25(30-2)27(23-17-11-6-12-18-23)29(28,31-3)19-24(21-13-7-4-8-14-21)26(28)22-15-9-5-10-16-22/h4-20,26-27H,1-3H3/t26-,27-,28+,29-/m0/s1. The fourth-order valence-electron chi connectivity index (χ4n) is 5.88. The highest BCUT2D eigenvalue weighted by Gasteiger charge is 2.65. The summed E-state index contributed by atoms with van der Waals surface area (Å²) in [4.78, 5) is 0. The van der Waals surface area contributed by atoms with E-state index >= 15 is 0 Å². The molecule has 0 saturated heterocycles. The Labute approximate surface area is 184 Å². The van der Waals surface area contributed by atoms with Crippen LogP contribution in [0.4, 0.5) is 0 Å². The molecule has 0 aliphatic heterocycles. The second-order valence-corrected chi connectivity index (χ2v) is 8.68. The number of hydrogen-bond donors (Lipinski definition) is 0. The number of fused-ring (bicyclic) bond motifs is 1. The van der Waals surface area contributed by atoms with E-state index < -0.39 is 5.60 Å². The molecule has 2 heteroatoms. The summed E-state index contributed by atoms with van der Waals surface area (Å²) in [6.45, 7) is 2.32. The summed E-state index contributed by atoms with van der Waals surface area (Å²) < 4.78 is 12.5. The van der Waals surface area contributed by atoms with Gasteiger partial charge >= 0.3 is 0 Å². The summed E-state index contributed by atoms with van der Waals surface area (Å²) in [6.07, 6.45) is 4.69. The van der Waals surface area contributed by atoms with Crippen molar-refractivity contribution in [2.75, 3.05) is 14.2 Å². The minimum Gasteiger partial charge on any atom is -0.501 e. The van der Waals surface area contributed by atoms with Crippen LogP contribution in [0.3, 0.4) is 0 Å². The van der Waals surface area contributed by atoms with Gasteiger partial charge in [0.15, 0.2) is 0 Å². The lowest BCUT2D eigenvalue weighted by Gasteiger charge is -2.43. The lowest BCUT2D eigenvalue weighted by molar-refractivity contribution is -0.0477. The summed E-state index contributed by atoms with van der Waals surface area (Å²) in [5, 5.41) is 0. The first kappa shape index (κ1) is 19.8. The Morgan fingerprint density at radius 1 is 0.645 bits per heavy atom. The molecule has 0 bridgehead atoms. The van der Waals surface area contributed by atoms with Gasteiger partial charge in [-0.3, -0.25) is 0 Å². The van der Waals surface area contributed by atoms with Gasteiger partial charge in [0.05, 0.1) is 13.0 Å². The first-order valence-corrected chi connectivity index (χ1v) is 10.8. The van der Waals surface area contributed by atoms with Gasteiger partial charge in [0.1, 0.15) is 11.4 Å². The topological polar surface area (TPSA) is 18.5 Å². The van der Waals surface area contributed by atoms with Crippen molar-refractivity contribution in [3.05, 3.63) is 126 Å².